The van der Waals surface area contributed by atoms with E-state index in [2.05, 4.69) is 9.72 Å². The van der Waals surface area contributed by atoms with Crippen LogP contribution in [-0.4, -0.2) is 30.5 Å². The summed E-state index contributed by atoms with van der Waals surface area (Å²) >= 11 is 0. The second-order valence-corrected chi connectivity index (χ2v) is 9.26. The number of ether oxygens (including phenoxy) is 1. The molecule has 4 aromatic rings. The maximum atomic E-state index is 13.6. The number of aromatic nitrogens is 2. The molecule has 0 atom stereocenters. The summed E-state index contributed by atoms with van der Waals surface area (Å²) in [7, 11) is -2.97. The highest BCUT2D eigenvalue weighted by Gasteiger charge is 2.32. The van der Waals surface area contributed by atoms with E-state index in [-0.39, 0.29) is 46.3 Å². The maximum Gasteiger partial charge on any atom is 0.416 e. The Morgan fingerprint density at radius 3 is 2.61 bits per heavy atom. The third kappa shape index (κ3) is 4.32. The van der Waals surface area contributed by atoms with Gasteiger partial charge in [0.05, 0.1) is 23.1 Å². The van der Waals surface area contributed by atoms with Crippen molar-refractivity contribution in [3.8, 4) is 0 Å². The Morgan fingerprint density at radius 1 is 1.15 bits per heavy atom. The van der Waals surface area contributed by atoms with E-state index in [1.54, 1.807) is 6.92 Å². The first-order valence-electron chi connectivity index (χ1n) is 9.92. The van der Waals surface area contributed by atoms with Crippen LogP contribution in [0.1, 0.15) is 30.0 Å². The van der Waals surface area contributed by atoms with Gasteiger partial charge in [-0.15, -0.1) is 0 Å². The lowest BCUT2D eigenvalue weighted by Gasteiger charge is -2.12. The fourth-order valence-corrected chi connectivity index (χ4v) is 5.27. The molecule has 0 bridgehead atoms. The van der Waals surface area contributed by atoms with Gasteiger partial charge < -0.3 is 9.15 Å². The van der Waals surface area contributed by atoms with E-state index in [9.17, 15) is 26.4 Å². The minimum Gasteiger partial charge on any atom is -0.469 e. The zero-order valence-electron chi connectivity index (χ0n) is 17.6. The van der Waals surface area contributed by atoms with Gasteiger partial charge in [0.1, 0.15) is 5.52 Å². The molecule has 0 spiro atoms. The number of alkyl halides is 3. The molecule has 0 fully saturated rings. The number of esters is 1. The summed E-state index contributed by atoms with van der Waals surface area (Å²) in [4.78, 5) is 15.5. The average molecular weight is 480 g/mol. The Hall–Kier alpha value is -3.34. The number of hydrogen-bond donors (Lipinski definition) is 0. The summed E-state index contributed by atoms with van der Waals surface area (Å²) in [6.45, 7) is 1.63. The number of carbonyl (C=O) groups is 1. The predicted molar refractivity (Wildman–Crippen MR) is 113 cm³/mol. The van der Waals surface area contributed by atoms with Crippen LogP contribution in [0.3, 0.4) is 0 Å². The number of benzene rings is 2. The second-order valence-electron chi connectivity index (χ2n) is 7.47. The molecule has 0 N–H and O–H groups in total. The zero-order valence-corrected chi connectivity index (χ0v) is 18.5. The van der Waals surface area contributed by atoms with Crippen LogP contribution in [0.5, 0.6) is 0 Å². The lowest BCUT2D eigenvalue weighted by atomic mass is 10.1. The molecule has 0 aliphatic rings. The molecule has 2 aromatic carbocycles. The quantitative estimate of drug-likeness (QED) is 0.367. The van der Waals surface area contributed by atoms with E-state index in [4.69, 9.17) is 4.42 Å². The molecule has 0 amide bonds. The molecule has 2 heterocycles. The minimum atomic E-state index is -4.57. The highest BCUT2D eigenvalue weighted by molar-refractivity contribution is 7.90. The number of carbonyl (C=O) groups excluding carboxylic acids is 1. The second kappa shape index (κ2) is 8.22. The van der Waals surface area contributed by atoms with Crippen LogP contribution in [-0.2, 0) is 32.2 Å². The van der Waals surface area contributed by atoms with Gasteiger partial charge in [0, 0.05) is 30.5 Å². The molecule has 174 valence electrons. The van der Waals surface area contributed by atoms with Crippen molar-refractivity contribution in [3.05, 3.63) is 59.6 Å². The van der Waals surface area contributed by atoms with E-state index in [1.807, 2.05) is 0 Å². The van der Waals surface area contributed by atoms with E-state index < -0.39 is 27.7 Å². The monoisotopic (exact) mass is 480 g/mol. The fraction of sp³-hybridized carbons (Fsp3) is 0.273. The van der Waals surface area contributed by atoms with Crippen LogP contribution in [0.15, 0.2) is 51.8 Å². The van der Waals surface area contributed by atoms with Crippen molar-refractivity contribution < 1.29 is 35.5 Å². The van der Waals surface area contributed by atoms with Crippen molar-refractivity contribution in [1.82, 2.24) is 8.96 Å². The highest BCUT2D eigenvalue weighted by atomic mass is 32.2. The predicted octanol–water partition coefficient (Wildman–Crippen LogP) is 4.84. The minimum absolute atomic E-state index is 0.0369. The number of nitrogens with zero attached hydrogens (tertiary/aromatic N) is 2. The molecule has 33 heavy (non-hydrogen) atoms. The average Bonchev–Trinajstić information content (AvgIpc) is 3.30. The normalized spacial score (nSPS) is 12.5. The van der Waals surface area contributed by atoms with Crippen molar-refractivity contribution >= 4 is 38.0 Å². The Balaban J connectivity index is 1.86. The molecular formula is C22H19F3N2O5S. The third-order valence-electron chi connectivity index (χ3n) is 5.20. The van der Waals surface area contributed by atoms with Gasteiger partial charge in [-0.2, -0.15) is 13.2 Å². The number of fused-ring (bicyclic) bond motifs is 2. The van der Waals surface area contributed by atoms with Gasteiger partial charge in [-0.3, -0.25) is 4.79 Å². The molecule has 11 heteroatoms. The SMILES string of the molecule is COC(=O)CCCc1cc2cc(C(F)(F)F)ccc2n1S(=O)(=O)c1ccc2nc(C)oc2c1. The summed E-state index contributed by atoms with van der Waals surface area (Å²) in [5.74, 6) is -0.0971. The van der Waals surface area contributed by atoms with E-state index in [1.165, 1.54) is 31.4 Å². The molecule has 0 unspecified atom stereocenters. The maximum absolute atomic E-state index is 13.6. The van der Waals surface area contributed by atoms with Crippen molar-refractivity contribution in [2.24, 2.45) is 0 Å². The molecule has 0 saturated heterocycles. The standard InChI is InChI=1S/C22H19F3N2O5S/c1-13-26-18-8-7-17(12-20(18)32-13)33(29,30)27-16(4-3-5-21(28)31-2)11-14-10-15(22(23,24)25)6-9-19(14)27/h6-12H,3-5H2,1-2H3. The molecule has 7 nitrogen and oxygen atoms in total. The topological polar surface area (TPSA) is 91.4 Å². The number of rotatable bonds is 6. The fourth-order valence-electron chi connectivity index (χ4n) is 3.68. The van der Waals surface area contributed by atoms with Crippen molar-refractivity contribution in [3.63, 3.8) is 0 Å². The number of oxazole rings is 1. The molecular weight excluding hydrogens is 461 g/mol. The number of methoxy groups -OCH3 is 1. The van der Waals surface area contributed by atoms with Crippen LogP contribution < -0.4 is 0 Å². The third-order valence-corrected chi connectivity index (χ3v) is 6.96. The molecule has 0 aliphatic heterocycles. The number of hydrogen-bond acceptors (Lipinski definition) is 6. The molecule has 0 radical (unpaired) electrons. The van der Waals surface area contributed by atoms with Gasteiger partial charge in [0.15, 0.2) is 11.5 Å². The summed E-state index contributed by atoms with van der Waals surface area (Å²) in [5.41, 5.74) is 0.227. The Morgan fingerprint density at radius 2 is 1.91 bits per heavy atom. The molecule has 2 aromatic heterocycles. The highest BCUT2D eigenvalue weighted by Crippen LogP contribution is 2.34. The Kier molecular flexibility index (Phi) is 5.69. The molecule has 0 aliphatic carbocycles. The van der Waals surface area contributed by atoms with Gasteiger partial charge in [-0.05, 0) is 49.2 Å². The summed E-state index contributed by atoms with van der Waals surface area (Å²) in [5, 5.41) is 0.123. The van der Waals surface area contributed by atoms with Gasteiger partial charge in [0.2, 0.25) is 0 Å². The largest absolute Gasteiger partial charge is 0.469 e. The van der Waals surface area contributed by atoms with Crippen LogP contribution in [0.4, 0.5) is 13.2 Å². The van der Waals surface area contributed by atoms with E-state index in [0.717, 1.165) is 22.2 Å². The van der Waals surface area contributed by atoms with Gasteiger partial charge in [-0.25, -0.2) is 17.4 Å². The summed E-state index contributed by atoms with van der Waals surface area (Å²) in [6, 6.07) is 8.49. The lowest BCUT2D eigenvalue weighted by Crippen LogP contribution is -2.16. The van der Waals surface area contributed by atoms with E-state index in [0.29, 0.717) is 11.4 Å². The van der Waals surface area contributed by atoms with Crippen LogP contribution in [0.2, 0.25) is 0 Å². The number of aryl methyl sites for hydroxylation is 2. The van der Waals surface area contributed by atoms with Crippen molar-refractivity contribution in [2.45, 2.75) is 37.3 Å². The van der Waals surface area contributed by atoms with Gasteiger partial charge in [-0.1, -0.05) is 0 Å². The first kappa shape index (κ1) is 22.8. The van der Waals surface area contributed by atoms with Gasteiger partial charge in [0.25, 0.3) is 10.0 Å². The smallest absolute Gasteiger partial charge is 0.416 e. The lowest BCUT2D eigenvalue weighted by molar-refractivity contribution is -0.140. The van der Waals surface area contributed by atoms with Crippen molar-refractivity contribution in [2.75, 3.05) is 7.11 Å². The molecule has 0 saturated carbocycles. The van der Waals surface area contributed by atoms with Crippen molar-refractivity contribution in [1.29, 1.82) is 0 Å². The Bertz CT molecular complexity index is 1470. The first-order chi connectivity index (χ1) is 15.5. The zero-order chi connectivity index (χ0) is 24.0. The van der Waals surface area contributed by atoms with Crippen LogP contribution in [0, 0.1) is 6.92 Å². The first-order valence-corrected chi connectivity index (χ1v) is 11.4. The summed E-state index contributed by atoms with van der Waals surface area (Å²) in [6.07, 6.45) is -4.15. The summed E-state index contributed by atoms with van der Waals surface area (Å²) < 4.78 is 77.9. The van der Waals surface area contributed by atoms with E-state index >= 15 is 0 Å². The molecule has 4 rings (SSSR count). The van der Waals surface area contributed by atoms with Gasteiger partial charge >= 0.3 is 12.1 Å². The van der Waals surface area contributed by atoms with Crippen LogP contribution in [0.25, 0.3) is 22.0 Å². The van der Waals surface area contributed by atoms with Crippen LogP contribution >= 0.6 is 0 Å². The Labute approximate surface area is 186 Å². The number of halogens is 3.